The summed E-state index contributed by atoms with van der Waals surface area (Å²) in [5.74, 6) is 0.592. The molecule has 0 bridgehead atoms. The van der Waals surface area contributed by atoms with Gasteiger partial charge in [-0.2, -0.15) is 0 Å². The van der Waals surface area contributed by atoms with Crippen LogP contribution in [-0.4, -0.2) is 10.9 Å². The summed E-state index contributed by atoms with van der Waals surface area (Å²) >= 11 is 0. The van der Waals surface area contributed by atoms with E-state index in [2.05, 4.69) is 29.2 Å². The summed E-state index contributed by atoms with van der Waals surface area (Å²) in [6.07, 6.45) is 0. The van der Waals surface area contributed by atoms with Gasteiger partial charge in [-0.3, -0.25) is 4.79 Å². The van der Waals surface area contributed by atoms with Crippen molar-refractivity contribution >= 4 is 22.7 Å². The van der Waals surface area contributed by atoms with E-state index in [9.17, 15) is 4.79 Å². The van der Waals surface area contributed by atoms with Crippen LogP contribution < -0.4 is 4.90 Å². The van der Waals surface area contributed by atoms with Crippen LogP contribution in [0.15, 0.2) is 101 Å². The Morgan fingerprint density at radius 2 is 1.45 bits per heavy atom. The molecule has 6 rings (SSSR count). The molecule has 0 unspecified atom stereocenters. The Morgan fingerprint density at radius 3 is 2.26 bits per heavy atom. The number of anilines is 1. The fraction of sp³-hybridized carbons (Fsp3) is 0.0370. The maximum Gasteiger partial charge on any atom is 0.258 e. The molecule has 1 aromatic heterocycles. The van der Waals surface area contributed by atoms with Crippen molar-refractivity contribution in [1.29, 1.82) is 0 Å². The topological polar surface area (TPSA) is 46.3 Å². The number of nitrogens with zero attached hydrogens (tertiary/aromatic N) is 2. The third-order valence-electron chi connectivity index (χ3n) is 5.74. The van der Waals surface area contributed by atoms with Gasteiger partial charge >= 0.3 is 0 Å². The molecule has 0 saturated heterocycles. The van der Waals surface area contributed by atoms with Gasteiger partial charge in [0.05, 0.1) is 6.54 Å². The molecule has 4 nitrogen and oxygen atoms in total. The first-order valence-electron chi connectivity index (χ1n) is 10.2. The van der Waals surface area contributed by atoms with Crippen molar-refractivity contribution < 1.29 is 9.21 Å². The maximum absolute atomic E-state index is 12.8. The molecule has 0 aliphatic carbocycles. The zero-order chi connectivity index (χ0) is 20.8. The molecule has 4 heteroatoms. The summed E-state index contributed by atoms with van der Waals surface area (Å²) < 4.78 is 6.06. The predicted octanol–water partition coefficient (Wildman–Crippen LogP) is 6.32. The van der Waals surface area contributed by atoms with Crippen molar-refractivity contribution in [2.24, 2.45) is 0 Å². The van der Waals surface area contributed by atoms with Crippen molar-refractivity contribution in [2.75, 3.05) is 4.90 Å². The third kappa shape index (κ3) is 3.01. The minimum Gasteiger partial charge on any atom is -0.436 e. The zero-order valence-electron chi connectivity index (χ0n) is 16.7. The van der Waals surface area contributed by atoms with Crippen LogP contribution in [0.1, 0.15) is 15.9 Å². The van der Waals surface area contributed by atoms with Gasteiger partial charge in [-0.25, -0.2) is 4.98 Å². The Hall–Kier alpha value is -4.18. The molecule has 2 heterocycles. The first-order valence-corrected chi connectivity index (χ1v) is 10.2. The van der Waals surface area contributed by atoms with Crippen LogP contribution in [0.5, 0.6) is 0 Å². The quantitative estimate of drug-likeness (QED) is 0.355. The number of carbonyl (C=O) groups excluding carboxylic acids is 1. The summed E-state index contributed by atoms with van der Waals surface area (Å²) in [5.41, 5.74) is 7.31. The largest absolute Gasteiger partial charge is 0.436 e. The van der Waals surface area contributed by atoms with Crippen molar-refractivity contribution in [3.8, 4) is 22.6 Å². The van der Waals surface area contributed by atoms with Crippen LogP contribution in [0.4, 0.5) is 5.69 Å². The normalized spacial score (nSPS) is 13.0. The smallest absolute Gasteiger partial charge is 0.258 e. The van der Waals surface area contributed by atoms with Crippen molar-refractivity contribution in [1.82, 2.24) is 4.98 Å². The molecule has 0 saturated carbocycles. The highest BCUT2D eigenvalue weighted by Crippen LogP contribution is 2.32. The number of hydrogen-bond acceptors (Lipinski definition) is 3. The molecule has 0 fully saturated rings. The van der Waals surface area contributed by atoms with Crippen LogP contribution in [0, 0.1) is 0 Å². The number of carbonyl (C=O) groups is 1. The van der Waals surface area contributed by atoms with E-state index >= 15 is 0 Å². The Balaban J connectivity index is 1.31. The number of aromatic nitrogens is 1. The van der Waals surface area contributed by atoms with Crippen LogP contribution >= 0.6 is 0 Å². The highest BCUT2D eigenvalue weighted by Gasteiger charge is 2.28. The summed E-state index contributed by atoms with van der Waals surface area (Å²) in [6.45, 7) is 0.572. The summed E-state index contributed by atoms with van der Waals surface area (Å²) in [4.78, 5) is 19.2. The first-order chi connectivity index (χ1) is 15.3. The van der Waals surface area contributed by atoms with Crippen molar-refractivity contribution in [3.63, 3.8) is 0 Å². The standard InChI is InChI=1S/C27H18N2O2/c30-27-23-9-5-4-8-21(23)17-29(27)22-14-15-24-25(16-22)31-26(28-24)20-12-10-19(11-13-20)18-6-2-1-3-7-18/h1-16H,17H2. The fourth-order valence-corrected chi connectivity index (χ4v) is 4.10. The number of hydrogen-bond donors (Lipinski definition) is 0. The summed E-state index contributed by atoms with van der Waals surface area (Å²) in [7, 11) is 0. The van der Waals surface area contributed by atoms with E-state index in [0.29, 0.717) is 18.0 Å². The fourth-order valence-electron chi connectivity index (χ4n) is 4.10. The van der Waals surface area contributed by atoms with E-state index in [1.165, 1.54) is 5.56 Å². The average molecular weight is 402 g/mol. The summed E-state index contributed by atoms with van der Waals surface area (Å²) in [5, 5.41) is 0. The molecule has 1 amide bonds. The van der Waals surface area contributed by atoms with Gasteiger partial charge < -0.3 is 9.32 Å². The summed E-state index contributed by atoms with van der Waals surface area (Å²) in [6, 6.07) is 31.9. The molecule has 0 spiro atoms. The Labute approximate surface area is 179 Å². The van der Waals surface area contributed by atoms with Gasteiger partial charge in [-0.1, -0.05) is 60.7 Å². The Kier molecular flexibility index (Phi) is 3.96. The third-order valence-corrected chi connectivity index (χ3v) is 5.74. The van der Waals surface area contributed by atoms with Gasteiger partial charge in [0, 0.05) is 22.9 Å². The monoisotopic (exact) mass is 402 g/mol. The highest BCUT2D eigenvalue weighted by molar-refractivity contribution is 6.10. The molecule has 1 aliphatic heterocycles. The van der Waals surface area contributed by atoms with E-state index in [1.807, 2.05) is 72.8 Å². The molecule has 31 heavy (non-hydrogen) atoms. The lowest BCUT2D eigenvalue weighted by Crippen LogP contribution is -2.22. The van der Waals surface area contributed by atoms with Crippen LogP contribution in [0.2, 0.25) is 0 Å². The maximum atomic E-state index is 12.8. The number of amides is 1. The molecule has 0 N–H and O–H groups in total. The zero-order valence-corrected chi connectivity index (χ0v) is 16.7. The lowest BCUT2D eigenvalue weighted by Gasteiger charge is -2.15. The Morgan fingerprint density at radius 1 is 0.742 bits per heavy atom. The van der Waals surface area contributed by atoms with Crippen LogP contribution in [0.3, 0.4) is 0 Å². The van der Waals surface area contributed by atoms with Crippen LogP contribution in [-0.2, 0) is 6.54 Å². The van der Waals surface area contributed by atoms with E-state index in [4.69, 9.17) is 4.42 Å². The van der Waals surface area contributed by atoms with E-state index in [0.717, 1.165) is 33.5 Å². The van der Waals surface area contributed by atoms with Gasteiger partial charge in [0.1, 0.15) is 5.52 Å². The molecule has 148 valence electrons. The van der Waals surface area contributed by atoms with Crippen LogP contribution in [0.25, 0.3) is 33.7 Å². The molecule has 4 aromatic carbocycles. The van der Waals surface area contributed by atoms with Gasteiger partial charge in [0.15, 0.2) is 5.58 Å². The molecule has 0 atom stereocenters. The van der Waals surface area contributed by atoms with Gasteiger partial charge in [-0.05, 0) is 47.0 Å². The van der Waals surface area contributed by atoms with Crippen molar-refractivity contribution in [2.45, 2.75) is 6.54 Å². The lowest BCUT2D eigenvalue weighted by atomic mass is 10.0. The van der Waals surface area contributed by atoms with Gasteiger partial charge in [0.25, 0.3) is 5.91 Å². The minimum absolute atomic E-state index is 0.0196. The molecule has 0 radical (unpaired) electrons. The van der Waals surface area contributed by atoms with E-state index < -0.39 is 0 Å². The minimum atomic E-state index is 0.0196. The SMILES string of the molecule is O=C1c2ccccc2CN1c1ccc2nc(-c3ccc(-c4ccccc4)cc3)oc2c1. The molecular formula is C27H18N2O2. The Bertz CT molecular complexity index is 1420. The molecule has 1 aliphatic rings. The second-order valence-corrected chi connectivity index (χ2v) is 7.66. The first kappa shape index (κ1) is 17.7. The molecule has 5 aromatic rings. The van der Waals surface area contributed by atoms with E-state index in [-0.39, 0.29) is 5.91 Å². The van der Waals surface area contributed by atoms with Gasteiger partial charge in [-0.15, -0.1) is 0 Å². The molecular weight excluding hydrogens is 384 g/mol. The van der Waals surface area contributed by atoms with Gasteiger partial charge in [0.2, 0.25) is 5.89 Å². The average Bonchev–Trinajstić information content (AvgIpc) is 3.41. The van der Waals surface area contributed by atoms with E-state index in [1.54, 1.807) is 4.90 Å². The lowest BCUT2D eigenvalue weighted by molar-refractivity contribution is 0.0996. The number of oxazole rings is 1. The number of rotatable bonds is 3. The highest BCUT2D eigenvalue weighted by atomic mass is 16.3. The second kappa shape index (κ2) is 6.96. The van der Waals surface area contributed by atoms with Crippen molar-refractivity contribution in [3.05, 3.63) is 108 Å². The predicted molar refractivity (Wildman–Crippen MR) is 122 cm³/mol. The second-order valence-electron chi connectivity index (χ2n) is 7.66. The number of fused-ring (bicyclic) bond motifs is 2. The number of benzene rings is 4.